The molecule has 1 rings (SSSR count). The molecule has 1 heterocycles. The van der Waals surface area contributed by atoms with Crippen LogP contribution in [0.2, 0.25) is 0 Å². The predicted molar refractivity (Wildman–Crippen MR) is 46.0 cm³/mol. The van der Waals surface area contributed by atoms with E-state index in [0.29, 0.717) is 0 Å². The number of hydrogen-bond acceptors (Lipinski definition) is 2. The van der Waals surface area contributed by atoms with Gasteiger partial charge >= 0.3 is 6.18 Å². The van der Waals surface area contributed by atoms with Crippen molar-refractivity contribution >= 4 is 23.2 Å². The molecule has 1 aliphatic rings. The molecular formula is C6H6F3N3OS. The first-order valence-corrected chi connectivity index (χ1v) is 3.88. The molecule has 78 valence electrons. The van der Waals surface area contributed by atoms with E-state index in [0.717, 1.165) is 0 Å². The lowest BCUT2D eigenvalue weighted by atomic mass is 10.1. The zero-order chi connectivity index (χ0) is 10.9. The zero-order valence-corrected chi connectivity index (χ0v) is 7.55. The van der Waals surface area contributed by atoms with Gasteiger partial charge in [-0.2, -0.15) is 13.2 Å². The lowest BCUT2D eigenvalue weighted by molar-refractivity contribution is -0.117. The van der Waals surface area contributed by atoms with Gasteiger partial charge in [0.05, 0.1) is 5.57 Å². The van der Waals surface area contributed by atoms with Gasteiger partial charge in [-0.15, -0.1) is 0 Å². The van der Waals surface area contributed by atoms with Crippen LogP contribution in [0.25, 0.3) is 0 Å². The van der Waals surface area contributed by atoms with E-state index in [2.05, 4.69) is 17.5 Å². The number of rotatable bonds is 1. The second-order valence-corrected chi connectivity index (χ2v) is 2.93. The first kappa shape index (κ1) is 10.8. The topological polar surface area (TPSA) is 67.2 Å². The molecule has 0 unspecified atom stereocenters. The van der Waals surface area contributed by atoms with Crippen molar-refractivity contribution in [1.29, 1.82) is 0 Å². The molecule has 0 atom stereocenters. The molecule has 1 amide bonds. The lowest BCUT2D eigenvalue weighted by Crippen LogP contribution is -2.48. The molecule has 14 heavy (non-hydrogen) atoms. The van der Waals surface area contributed by atoms with Crippen LogP contribution in [0.5, 0.6) is 0 Å². The van der Waals surface area contributed by atoms with E-state index in [-0.39, 0.29) is 11.7 Å². The highest BCUT2D eigenvalue weighted by molar-refractivity contribution is 7.80. The van der Waals surface area contributed by atoms with Gasteiger partial charge in [-0.05, 0) is 12.2 Å². The summed E-state index contributed by atoms with van der Waals surface area (Å²) < 4.78 is 36.9. The lowest BCUT2D eigenvalue weighted by Gasteiger charge is -2.23. The summed E-state index contributed by atoms with van der Waals surface area (Å²) in [6, 6.07) is 0. The molecule has 4 N–H and O–H groups in total. The summed E-state index contributed by atoms with van der Waals surface area (Å²) in [7, 11) is 0. The van der Waals surface area contributed by atoms with Crippen LogP contribution < -0.4 is 16.4 Å². The number of amides is 1. The molecular weight excluding hydrogens is 219 g/mol. The molecule has 0 aromatic rings. The van der Waals surface area contributed by atoms with Crippen molar-refractivity contribution in [3.8, 4) is 0 Å². The highest BCUT2D eigenvalue weighted by Gasteiger charge is 2.40. The molecule has 0 radical (unpaired) electrons. The van der Waals surface area contributed by atoms with Crippen molar-refractivity contribution in [3.05, 3.63) is 11.3 Å². The van der Waals surface area contributed by atoms with Crippen LogP contribution in [-0.4, -0.2) is 23.7 Å². The summed E-state index contributed by atoms with van der Waals surface area (Å²) in [5.74, 6) is -1.13. The fraction of sp³-hybridized carbons (Fsp3) is 0.333. The highest BCUT2D eigenvalue weighted by Crippen LogP contribution is 2.27. The van der Waals surface area contributed by atoms with E-state index in [9.17, 15) is 18.0 Å². The Morgan fingerprint density at radius 3 is 2.50 bits per heavy atom. The first-order valence-electron chi connectivity index (χ1n) is 3.47. The highest BCUT2D eigenvalue weighted by atomic mass is 32.1. The molecule has 0 aromatic heterocycles. The quantitative estimate of drug-likeness (QED) is 0.539. The summed E-state index contributed by atoms with van der Waals surface area (Å²) >= 11 is 4.48. The number of carbonyl (C=O) groups excluding carboxylic acids is 1. The average molecular weight is 225 g/mol. The van der Waals surface area contributed by atoms with E-state index >= 15 is 0 Å². The van der Waals surface area contributed by atoms with Crippen molar-refractivity contribution < 1.29 is 18.0 Å². The van der Waals surface area contributed by atoms with Gasteiger partial charge in [0.2, 0.25) is 5.91 Å². The normalized spacial score (nSPS) is 17.5. The molecule has 0 bridgehead atoms. The van der Waals surface area contributed by atoms with Gasteiger partial charge in [-0.1, -0.05) is 0 Å². The van der Waals surface area contributed by atoms with E-state index < -0.39 is 23.4 Å². The van der Waals surface area contributed by atoms with Crippen molar-refractivity contribution in [3.63, 3.8) is 0 Å². The van der Waals surface area contributed by atoms with E-state index in [1.54, 1.807) is 0 Å². The number of nitrogens with two attached hydrogens (primary N) is 1. The minimum Gasteiger partial charge on any atom is -0.366 e. The van der Waals surface area contributed by atoms with Crippen LogP contribution in [0.4, 0.5) is 13.2 Å². The molecule has 0 aromatic carbocycles. The summed E-state index contributed by atoms with van der Waals surface area (Å²) in [6.07, 6.45) is -4.66. The number of nitrogens with one attached hydrogen (secondary N) is 2. The number of halogens is 3. The summed E-state index contributed by atoms with van der Waals surface area (Å²) in [4.78, 5) is 10.7. The summed E-state index contributed by atoms with van der Waals surface area (Å²) in [5.41, 5.74) is 3.04. The van der Waals surface area contributed by atoms with Crippen LogP contribution in [0, 0.1) is 0 Å². The van der Waals surface area contributed by atoms with Crippen molar-refractivity contribution in [1.82, 2.24) is 10.6 Å². The summed E-state index contributed by atoms with van der Waals surface area (Å²) in [5, 5.41) is 4.06. The van der Waals surface area contributed by atoms with Gasteiger partial charge in [0, 0.05) is 6.54 Å². The minimum atomic E-state index is -4.66. The molecule has 0 saturated heterocycles. The zero-order valence-electron chi connectivity index (χ0n) is 6.73. The monoisotopic (exact) mass is 225 g/mol. The van der Waals surface area contributed by atoms with Crippen LogP contribution in [-0.2, 0) is 4.79 Å². The Morgan fingerprint density at radius 2 is 2.07 bits per heavy atom. The Balaban J connectivity index is 3.13. The molecule has 0 fully saturated rings. The van der Waals surface area contributed by atoms with Gasteiger partial charge < -0.3 is 16.4 Å². The standard InChI is InChI=1S/C6H6F3N3OS/c7-6(8,9)3-2(4(10)13)1-11-5(14)12-3/h1H2,(H2,10,13)(H2,11,12,14). The maximum atomic E-state index is 12.3. The second-order valence-electron chi connectivity index (χ2n) is 2.52. The van der Waals surface area contributed by atoms with Crippen LogP contribution in [0.3, 0.4) is 0 Å². The van der Waals surface area contributed by atoms with E-state index in [1.807, 2.05) is 5.32 Å². The molecule has 0 spiro atoms. The fourth-order valence-corrected chi connectivity index (χ4v) is 1.12. The number of allylic oxidation sites excluding steroid dienone is 1. The number of thiocarbonyl (C=S) groups is 1. The smallest absolute Gasteiger partial charge is 0.366 e. The van der Waals surface area contributed by atoms with Gasteiger partial charge in [0.15, 0.2) is 5.11 Å². The molecule has 0 saturated carbocycles. The number of hydrogen-bond donors (Lipinski definition) is 3. The third-order valence-electron chi connectivity index (χ3n) is 1.55. The Hall–Kier alpha value is -1.31. The maximum Gasteiger partial charge on any atom is 0.431 e. The van der Waals surface area contributed by atoms with Gasteiger partial charge in [-0.25, -0.2) is 0 Å². The van der Waals surface area contributed by atoms with Crippen LogP contribution in [0.15, 0.2) is 11.3 Å². The van der Waals surface area contributed by atoms with Crippen LogP contribution in [0.1, 0.15) is 0 Å². The van der Waals surface area contributed by atoms with Gasteiger partial charge in [0.1, 0.15) is 5.70 Å². The SMILES string of the molecule is NC(=O)C1=C(C(F)(F)F)NC(=S)NC1. The Bertz CT molecular complexity index is 323. The first-order chi connectivity index (χ1) is 6.32. The number of alkyl halides is 3. The van der Waals surface area contributed by atoms with Crippen molar-refractivity contribution in [2.24, 2.45) is 5.73 Å². The van der Waals surface area contributed by atoms with Gasteiger partial charge in [-0.3, -0.25) is 4.79 Å². The molecule has 4 nitrogen and oxygen atoms in total. The van der Waals surface area contributed by atoms with E-state index in [4.69, 9.17) is 5.73 Å². The Morgan fingerprint density at radius 1 is 1.50 bits per heavy atom. The Kier molecular flexibility index (Phi) is 2.65. The number of carbonyl (C=O) groups is 1. The van der Waals surface area contributed by atoms with E-state index in [1.165, 1.54) is 0 Å². The maximum absolute atomic E-state index is 12.3. The largest absolute Gasteiger partial charge is 0.431 e. The third-order valence-corrected chi connectivity index (χ3v) is 1.79. The Labute approximate surface area is 82.3 Å². The molecule has 1 aliphatic heterocycles. The predicted octanol–water partition coefficient (Wildman–Crippen LogP) is -0.234. The van der Waals surface area contributed by atoms with Gasteiger partial charge in [0.25, 0.3) is 0 Å². The molecule has 0 aliphatic carbocycles. The fourth-order valence-electron chi connectivity index (χ4n) is 0.942. The average Bonchev–Trinajstić information content (AvgIpc) is 2.01. The minimum absolute atomic E-state index is 0.178. The third kappa shape index (κ3) is 2.13. The molecule has 8 heteroatoms. The van der Waals surface area contributed by atoms with Crippen LogP contribution >= 0.6 is 12.2 Å². The number of primary amides is 1. The van der Waals surface area contributed by atoms with Crippen molar-refractivity contribution in [2.75, 3.05) is 6.54 Å². The second kappa shape index (κ2) is 3.45. The summed E-state index contributed by atoms with van der Waals surface area (Å²) in [6.45, 7) is -0.310. The van der Waals surface area contributed by atoms with Crippen molar-refractivity contribution in [2.45, 2.75) is 6.18 Å².